The average molecular weight is 340 g/mol. The van der Waals surface area contributed by atoms with Crippen molar-refractivity contribution in [2.75, 3.05) is 24.5 Å². The lowest BCUT2D eigenvalue weighted by atomic mass is 9.79. The minimum absolute atomic E-state index is 0. The summed E-state index contributed by atoms with van der Waals surface area (Å²) in [4.78, 5) is 17.1. The maximum atomic E-state index is 12.9. The van der Waals surface area contributed by atoms with Crippen molar-refractivity contribution in [2.24, 2.45) is 11.1 Å². The summed E-state index contributed by atoms with van der Waals surface area (Å²) in [6.07, 6.45) is 0.947. The highest BCUT2D eigenvalue weighted by molar-refractivity contribution is 5.96. The van der Waals surface area contributed by atoms with E-state index in [0.717, 1.165) is 25.2 Å². The molecule has 23 heavy (non-hydrogen) atoms. The molecule has 2 N–H and O–H groups in total. The van der Waals surface area contributed by atoms with Crippen molar-refractivity contribution >= 4 is 24.0 Å². The van der Waals surface area contributed by atoms with Crippen molar-refractivity contribution in [3.63, 3.8) is 0 Å². The van der Waals surface area contributed by atoms with E-state index in [1.807, 2.05) is 49.1 Å². The van der Waals surface area contributed by atoms with Crippen LogP contribution in [0.15, 0.2) is 30.3 Å². The summed E-state index contributed by atoms with van der Waals surface area (Å²) in [7, 11) is 0. The fourth-order valence-corrected chi connectivity index (χ4v) is 3.20. The molecule has 1 fully saturated rings. The number of nitrogens with two attached hydrogens (primary N) is 1. The number of likely N-dealkylation sites (tertiary alicyclic amines) is 1. The summed E-state index contributed by atoms with van der Waals surface area (Å²) in [5.41, 5.74) is 7.23. The van der Waals surface area contributed by atoms with E-state index < -0.39 is 0 Å². The Morgan fingerprint density at radius 3 is 2.52 bits per heavy atom. The van der Waals surface area contributed by atoms with Gasteiger partial charge in [0, 0.05) is 31.4 Å². The minimum Gasteiger partial charge on any atom is -0.327 e. The van der Waals surface area contributed by atoms with Gasteiger partial charge in [0.25, 0.3) is 0 Å². The molecule has 0 spiro atoms. The maximum Gasteiger partial charge on any atom is 0.244 e. The molecule has 0 saturated carbocycles. The van der Waals surface area contributed by atoms with Gasteiger partial charge in [-0.1, -0.05) is 32.0 Å². The number of anilines is 1. The lowest BCUT2D eigenvalue weighted by Crippen LogP contribution is -2.57. The first-order chi connectivity index (χ1) is 10.4. The van der Waals surface area contributed by atoms with Gasteiger partial charge < -0.3 is 10.6 Å². The number of amides is 1. The summed E-state index contributed by atoms with van der Waals surface area (Å²) in [6.45, 7) is 10.9. The molecular weight excluding hydrogens is 310 g/mol. The fraction of sp³-hybridized carbons (Fsp3) is 0.611. The fourth-order valence-electron chi connectivity index (χ4n) is 3.20. The van der Waals surface area contributed by atoms with E-state index in [9.17, 15) is 4.79 Å². The van der Waals surface area contributed by atoms with Crippen LogP contribution in [0.5, 0.6) is 0 Å². The molecule has 0 aromatic heterocycles. The molecule has 1 aliphatic heterocycles. The molecule has 0 radical (unpaired) electrons. The molecule has 1 aromatic rings. The van der Waals surface area contributed by atoms with Gasteiger partial charge in [0.15, 0.2) is 0 Å². The molecule has 1 amide bonds. The molecule has 4 nitrogen and oxygen atoms in total. The van der Waals surface area contributed by atoms with Gasteiger partial charge in [0.1, 0.15) is 0 Å². The van der Waals surface area contributed by atoms with Gasteiger partial charge in [-0.15, -0.1) is 12.4 Å². The second kappa shape index (κ2) is 8.13. The third-order valence-electron chi connectivity index (χ3n) is 4.90. The number of carbonyl (C=O) groups excluding carboxylic acids is 1. The van der Waals surface area contributed by atoms with Crippen LogP contribution in [0, 0.1) is 5.41 Å². The van der Waals surface area contributed by atoms with E-state index in [2.05, 4.69) is 18.7 Å². The van der Waals surface area contributed by atoms with Crippen LogP contribution in [0.3, 0.4) is 0 Å². The predicted octanol–water partition coefficient (Wildman–Crippen LogP) is 2.91. The van der Waals surface area contributed by atoms with Gasteiger partial charge >= 0.3 is 0 Å². The first-order valence-electron chi connectivity index (χ1n) is 8.23. The summed E-state index contributed by atoms with van der Waals surface area (Å²) >= 11 is 0. The van der Waals surface area contributed by atoms with Gasteiger partial charge in [-0.05, 0) is 37.8 Å². The van der Waals surface area contributed by atoms with Gasteiger partial charge in [-0.2, -0.15) is 0 Å². The Kier molecular flexibility index (Phi) is 7.05. The van der Waals surface area contributed by atoms with Crippen molar-refractivity contribution < 1.29 is 4.79 Å². The Hall–Kier alpha value is -1.10. The molecule has 2 atom stereocenters. The summed E-state index contributed by atoms with van der Waals surface area (Å²) < 4.78 is 0. The molecule has 2 unspecified atom stereocenters. The first-order valence-corrected chi connectivity index (χ1v) is 8.23. The van der Waals surface area contributed by atoms with Gasteiger partial charge in [0.2, 0.25) is 5.91 Å². The first kappa shape index (κ1) is 19.9. The molecule has 1 aromatic carbocycles. The van der Waals surface area contributed by atoms with E-state index in [1.54, 1.807) is 0 Å². The zero-order chi connectivity index (χ0) is 16.3. The molecule has 5 heteroatoms. The van der Waals surface area contributed by atoms with Crippen LogP contribution in [0.1, 0.15) is 34.1 Å². The third kappa shape index (κ3) is 4.46. The Labute approximate surface area is 146 Å². The molecule has 0 aliphatic carbocycles. The third-order valence-corrected chi connectivity index (χ3v) is 4.90. The number of benzene rings is 1. The lowest BCUT2D eigenvalue weighted by molar-refractivity contribution is -0.124. The second-order valence-electron chi connectivity index (χ2n) is 6.95. The van der Waals surface area contributed by atoms with E-state index >= 15 is 0 Å². The molecule has 1 heterocycles. The standard InChI is InChI=1S/C18H29N3O.ClH/c1-5-21(15-9-7-6-8-10-15)17(22)14(2)20-12-11-16(19)18(3,4)13-20;/h6-10,14,16H,5,11-13,19H2,1-4H3;1H. The van der Waals surface area contributed by atoms with E-state index in [1.165, 1.54) is 0 Å². The Morgan fingerprint density at radius 2 is 2.00 bits per heavy atom. The SMILES string of the molecule is CCN(C(=O)C(C)N1CCC(N)C(C)(C)C1)c1ccccc1.Cl. The number of piperidine rings is 1. The molecular formula is C18H30ClN3O. The van der Waals surface area contributed by atoms with Crippen molar-refractivity contribution in [3.05, 3.63) is 30.3 Å². The van der Waals surface area contributed by atoms with Gasteiger partial charge in [-0.3, -0.25) is 9.69 Å². The molecule has 0 bridgehead atoms. The highest BCUT2D eigenvalue weighted by Gasteiger charge is 2.37. The molecule has 1 aliphatic rings. The van der Waals surface area contributed by atoms with Crippen LogP contribution in [-0.2, 0) is 4.79 Å². The zero-order valence-corrected chi connectivity index (χ0v) is 15.5. The summed E-state index contributed by atoms with van der Waals surface area (Å²) in [5, 5.41) is 0. The van der Waals surface area contributed by atoms with E-state index in [4.69, 9.17) is 5.73 Å². The van der Waals surface area contributed by atoms with E-state index in [0.29, 0.717) is 6.54 Å². The van der Waals surface area contributed by atoms with Gasteiger partial charge in [-0.25, -0.2) is 0 Å². The highest BCUT2D eigenvalue weighted by Crippen LogP contribution is 2.29. The Bertz CT molecular complexity index is 506. The average Bonchev–Trinajstić information content (AvgIpc) is 2.51. The topological polar surface area (TPSA) is 49.6 Å². The summed E-state index contributed by atoms with van der Waals surface area (Å²) in [5.74, 6) is 0.167. The largest absolute Gasteiger partial charge is 0.327 e. The van der Waals surface area contributed by atoms with Crippen molar-refractivity contribution in [1.82, 2.24) is 4.90 Å². The normalized spacial score (nSPS) is 22.0. The highest BCUT2D eigenvalue weighted by atomic mass is 35.5. The lowest BCUT2D eigenvalue weighted by Gasteiger charge is -2.45. The number of para-hydroxylation sites is 1. The van der Waals surface area contributed by atoms with Crippen LogP contribution < -0.4 is 10.6 Å². The number of rotatable bonds is 4. The van der Waals surface area contributed by atoms with Crippen LogP contribution in [0.2, 0.25) is 0 Å². The smallest absolute Gasteiger partial charge is 0.244 e. The van der Waals surface area contributed by atoms with Crippen LogP contribution in [0.4, 0.5) is 5.69 Å². The molecule has 2 rings (SSSR count). The second-order valence-corrected chi connectivity index (χ2v) is 6.95. The zero-order valence-electron chi connectivity index (χ0n) is 14.7. The number of hydrogen-bond acceptors (Lipinski definition) is 3. The monoisotopic (exact) mass is 339 g/mol. The van der Waals surface area contributed by atoms with Crippen LogP contribution in [0.25, 0.3) is 0 Å². The Morgan fingerprint density at radius 1 is 1.39 bits per heavy atom. The van der Waals surface area contributed by atoms with Crippen LogP contribution >= 0.6 is 12.4 Å². The van der Waals surface area contributed by atoms with Crippen LogP contribution in [-0.4, -0.2) is 42.5 Å². The quantitative estimate of drug-likeness (QED) is 0.917. The van der Waals surface area contributed by atoms with Gasteiger partial charge in [0.05, 0.1) is 6.04 Å². The number of nitrogens with zero attached hydrogens (tertiary/aromatic N) is 2. The van der Waals surface area contributed by atoms with Crippen molar-refractivity contribution in [2.45, 2.75) is 46.2 Å². The number of carbonyl (C=O) groups is 1. The van der Waals surface area contributed by atoms with Crippen molar-refractivity contribution in [1.29, 1.82) is 0 Å². The number of likely N-dealkylation sites (N-methyl/N-ethyl adjacent to an activating group) is 1. The van der Waals surface area contributed by atoms with Crippen molar-refractivity contribution in [3.8, 4) is 0 Å². The number of hydrogen-bond donors (Lipinski definition) is 1. The summed E-state index contributed by atoms with van der Waals surface area (Å²) in [6, 6.07) is 9.99. The van der Waals surface area contributed by atoms with E-state index in [-0.39, 0.29) is 35.8 Å². The predicted molar refractivity (Wildman–Crippen MR) is 99.1 cm³/mol. The molecule has 1 saturated heterocycles. The molecule has 130 valence electrons. The Balaban J connectivity index is 0.00000264. The minimum atomic E-state index is -0.119. The number of halogens is 1. The maximum absolute atomic E-state index is 12.9.